The number of halogens is 1. The van der Waals surface area contributed by atoms with Gasteiger partial charge < -0.3 is 15.2 Å². The van der Waals surface area contributed by atoms with Crippen LogP contribution in [0, 0.1) is 0 Å². The number of unbranched alkanes of at least 4 members (excludes halogenated alkanes) is 3. The maximum atomic E-state index is 11.6. The van der Waals surface area contributed by atoms with Gasteiger partial charge in [-0.1, -0.05) is 28.8 Å². The minimum Gasteiger partial charge on any atom is -0.494 e. The Bertz CT molecular complexity index is 381. The normalized spacial score (nSPS) is 10.3. The lowest BCUT2D eigenvalue weighted by atomic mass is 10.2. The summed E-state index contributed by atoms with van der Waals surface area (Å²) in [7, 11) is 0. The van der Waals surface area contributed by atoms with Gasteiger partial charge in [-0.15, -0.1) is 0 Å². The Morgan fingerprint density at radius 3 is 2.50 bits per heavy atom. The number of rotatable bonds is 10. The number of hydrogen-bond acceptors (Lipinski definition) is 3. The van der Waals surface area contributed by atoms with Crippen LogP contribution in [0.15, 0.2) is 24.3 Å². The molecule has 0 aliphatic carbocycles. The Balaban J connectivity index is 2.26. The van der Waals surface area contributed by atoms with Crippen molar-refractivity contribution in [1.82, 2.24) is 5.32 Å². The average molecular weight is 344 g/mol. The largest absolute Gasteiger partial charge is 0.494 e. The summed E-state index contributed by atoms with van der Waals surface area (Å²) in [5, 5.41) is 12.3. The molecular weight excluding hydrogens is 322 g/mol. The summed E-state index contributed by atoms with van der Waals surface area (Å²) in [5.41, 5.74) is 0.572. The smallest absolute Gasteiger partial charge is 0.251 e. The van der Waals surface area contributed by atoms with E-state index < -0.39 is 0 Å². The predicted octanol–water partition coefficient (Wildman–Crippen LogP) is 2.74. The molecule has 0 aromatic heterocycles. The molecule has 1 amide bonds. The molecule has 0 spiro atoms. The third kappa shape index (κ3) is 6.91. The zero-order valence-corrected chi connectivity index (χ0v) is 13.2. The Hall–Kier alpha value is -1.07. The van der Waals surface area contributed by atoms with E-state index in [1.54, 1.807) is 24.3 Å². The Labute approximate surface area is 128 Å². The second-order valence-electron chi connectivity index (χ2n) is 4.46. The number of carbonyl (C=O) groups excluding carboxylic acids is 1. The number of ether oxygens (including phenoxy) is 1. The van der Waals surface area contributed by atoms with Gasteiger partial charge >= 0.3 is 0 Å². The highest BCUT2D eigenvalue weighted by atomic mass is 79.9. The lowest BCUT2D eigenvalue weighted by Gasteiger charge is -2.07. The van der Waals surface area contributed by atoms with Gasteiger partial charge in [-0.3, -0.25) is 4.79 Å². The summed E-state index contributed by atoms with van der Waals surface area (Å²) < 4.78 is 5.62. The first-order chi connectivity index (χ1) is 9.77. The molecule has 0 atom stereocenters. The lowest BCUT2D eigenvalue weighted by molar-refractivity contribution is 0.0944. The van der Waals surface area contributed by atoms with Gasteiger partial charge in [0.05, 0.1) is 13.2 Å². The van der Waals surface area contributed by atoms with Gasteiger partial charge in [-0.05, 0) is 37.1 Å². The predicted molar refractivity (Wildman–Crippen MR) is 83.6 cm³/mol. The number of aliphatic hydroxyl groups excluding tert-OH is 1. The summed E-state index contributed by atoms with van der Waals surface area (Å²) in [5.74, 6) is 0.601. The summed E-state index contributed by atoms with van der Waals surface area (Å²) >= 11 is 3.41. The van der Waals surface area contributed by atoms with Crippen LogP contribution in [0.25, 0.3) is 0 Å². The molecular formula is C15H22BrNO3. The average Bonchev–Trinajstić information content (AvgIpc) is 2.49. The van der Waals surface area contributed by atoms with Crippen LogP contribution in [0.1, 0.15) is 36.0 Å². The molecule has 5 heteroatoms. The van der Waals surface area contributed by atoms with Gasteiger partial charge in [0.2, 0.25) is 0 Å². The topological polar surface area (TPSA) is 58.6 Å². The molecule has 1 rings (SSSR count). The second-order valence-corrected chi connectivity index (χ2v) is 5.25. The number of alkyl halides is 1. The van der Waals surface area contributed by atoms with Gasteiger partial charge in [-0.2, -0.15) is 0 Å². The van der Waals surface area contributed by atoms with Crippen LogP contribution in [0.5, 0.6) is 5.75 Å². The molecule has 112 valence electrons. The highest BCUT2D eigenvalue weighted by Crippen LogP contribution is 2.13. The first kappa shape index (κ1) is 17.0. The van der Waals surface area contributed by atoms with E-state index in [1.165, 1.54) is 19.3 Å². The van der Waals surface area contributed by atoms with Gasteiger partial charge in [0, 0.05) is 17.4 Å². The van der Waals surface area contributed by atoms with Crippen LogP contribution < -0.4 is 10.1 Å². The van der Waals surface area contributed by atoms with Crippen LogP contribution in [-0.4, -0.2) is 36.1 Å². The van der Waals surface area contributed by atoms with E-state index in [2.05, 4.69) is 21.2 Å². The van der Waals surface area contributed by atoms with Gasteiger partial charge in [0.25, 0.3) is 5.91 Å². The summed E-state index contributed by atoms with van der Waals surface area (Å²) in [6, 6.07) is 7.05. The van der Waals surface area contributed by atoms with Crippen LogP contribution >= 0.6 is 15.9 Å². The van der Waals surface area contributed by atoms with E-state index in [4.69, 9.17) is 9.84 Å². The fourth-order valence-electron chi connectivity index (χ4n) is 1.71. The van der Waals surface area contributed by atoms with Crippen molar-refractivity contribution in [3.8, 4) is 5.75 Å². The molecule has 20 heavy (non-hydrogen) atoms. The fraction of sp³-hybridized carbons (Fsp3) is 0.533. The first-order valence-electron chi connectivity index (χ1n) is 6.96. The van der Waals surface area contributed by atoms with E-state index in [9.17, 15) is 4.79 Å². The van der Waals surface area contributed by atoms with E-state index in [0.717, 1.165) is 17.5 Å². The van der Waals surface area contributed by atoms with Crippen molar-refractivity contribution in [3.05, 3.63) is 29.8 Å². The lowest BCUT2D eigenvalue weighted by Crippen LogP contribution is -2.26. The SMILES string of the molecule is O=C(NCCO)c1ccc(OCCCCCCBr)cc1. The van der Waals surface area contributed by atoms with Crippen molar-refractivity contribution >= 4 is 21.8 Å². The molecule has 0 aliphatic rings. The van der Waals surface area contributed by atoms with Gasteiger partial charge in [0.15, 0.2) is 0 Å². The standard InChI is InChI=1S/C15H22BrNO3/c16-9-3-1-2-4-12-20-14-7-5-13(6-8-14)15(19)17-10-11-18/h5-8,18H,1-4,9-12H2,(H,17,19). The third-order valence-corrected chi connectivity index (χ3v) is 3.37. The highest BCUT2D eigenvalue weighted by molar-refractivity contribution is 9.09. The quantitative estimate of drug-likeness (QED) is 0.507. The molecule has 1 aromatic carbocycles. The molecule has 0 radical (unpaired) electrons. The molecule has 0 fully saturated rings. The molecule has 0 heterocycles. The van der Waals surface area contributed by atoms with Crippen molar-refractivity contribution in [3.63, 3.8) is 0 Å². The molecule has 1 aromatic rings. The maximum absolute atomic E-state index is 11.6. The van der Waals surface area contributed by atoms with Crippen LogP contribution in [0.2, 0.25) is 0 Å². The van der Waals surface area contributed by atoms with Crippen LogP contribution in [0.4, 0.5) is 0 Å². The summed E-state index contributed by atoms with van der Waals surface area (Å²) in [6.07, 6.45) is 4.65. The zero-order chi connectivity index (χ0) is 14.6. The number of amides is 1. The second kappa shape index (κ2) is 10.7. The molecule has 0 aliphatic heterocycles. The van der Waals surface area contributed by atoms with Crippen LogP contribution in [-0.2, 0) is 0 Å². The number of carbonyl (C=O) groups is 1. The zero-order valence-electron chi connectivity index (χ0n) is 11.6. The monoisotopic (exact) mass is 343 g/mol. The van der Waals surface area contributed by atoms with Gasteiger partial charge in [0.1, 0.15) is 5.75 Å². The number of hydrogen-bond donors (Lipinski definition) is 2. The number of aliphatic hydroxyl groups is 1. The third-order valence-electron chi connectivity index (χ3n) is 2.81. The number of benzene rings is 1. The highest BCUT2D eigenvalue weighted by Gasteiger charge is 2.04. The number of nitrogens with one attached hydrogen (secondary N) is 1. The van der Waals surface area contributed by atoms with E-state index >= 15 is 0 Å². The first-order valence-corrected chi connectivity index (χ1v) is 8.08. The molecule has 0 unspecified atom stereocenters. The molecule has 4 nitrogen and oxygen atoms in total. The minimum absolute atomic E-state index is 0.0536. The van der Waals surface area contributed by atoms with Crippen molar-refractivity contribution < 1.29 is 14.6 Å². The van der Waals surface area contributed by atoms with E-state index in [-0.39, 0.29) is 19.1 Å². The Morgan fingerprint density at radius 2 is 1.85 bits per heavy atom. The van der Waals surface area contributed by atoms with Crippen molar-refractivity contribution in [2.24, 2.45) is 0 Å². The van der Waals surface area contributed by atoms with Gasteiger partial charge in [-0.25, -0.2) is 0 Å². The van der Waals surface area contributed by atoms with E-state index in [1.807, 2.05) is 0 Å². The van der Waals surface area contributed by atoms with E-state index in [0.29, 0.717) is 12.2 Å². The van der Waals surface area contributed by atoms with Crippen LogP contribution in [0.3, 0.4) is 0 Å². The fourth-order valence-corrected chi connectivity index (χ4v) is 2.11. The molecule has 0 bridgehead atoms. The van der Waals surface area contributed by atoms with Crippen molar-refractivity contribution in [2.45, 2.75) is 25.7 Å². The molecule has 2 N–H and O–H groups in total. The minimum atomic E-state index is -0.180. The summed E-state index contributed by atoms with van der Waals surface area (Å²) in [4.78, 5) is 11.6. The molecule has 0 saturated carbocycles. The Morgan fingerprint density at radius 1 is 1.15 bits per heavy atom. The Kier molecular flexibility index (Phi) is 9.07. The maximum Gasteiger partial charge on any atom is 0.251 e. The molecule has 0 saturated heterocycles. The van der Waals surface area contributed by atoms with Crippen molar-refractivity contribution in [2.75, 3.05) is 25.1 Å². The summed E-state index contributed by atoms with van der Waals surface area (Å²) in [6.45, 7) is 0.922. The van der Waals surface area contributed by atoms with Crippen molar-refractivity contribution in [1.29, 1.82) is 0 Å².